The van der Waals surface area contributed by atoms with Crippen molar-refractivity contribution in [3.05, 3.63) is 59.7 Å². The van der Waals surface area contributed by atoms with E-state index in [1.807, 2.05) is 25.1 Å². The van der Waals surface area contributed by atoms with Gasteiger partial charge in [0.2, 0.25) is 5.91 Å². The van der Waals surface area contributed by atoms with Gasteiger partial charge in [-0.15, -0.1) is 0 Å². The first-order valence-corrected chi connectivity index (χ1v) is 8.47. The smallest absolute Gasteiger partial charge is 0.338 e. The Morgan fingerprint density at radius 1 is 1.12 bits per heavy atom. The van der Waals surface area contributed by atoms with Gasteiger partial charge in [-0.05, 0) is 49.2 Å². The molecule has 26 heavy (non-hydrogen) atoms. The van der Waals surface area contributed by atoms with Crippen molar-refractivity contribution in [2.24, 2.45) is 0 Å². The van der Waals surface area contributed by atoms with E-state index in [0.29, 0.717) is 24.2 Å². The number of hydrogen-bond acceptors (Lipinski definition) is 4. The molecule has 3 rings (SSSR count). The highest BCUT2D eigenvalue weighted by molar-refractivity contribution is 5.97. The Bertz CT molecular complexity index is 830. The number of carbonyl (C=O) groups is 3. The highest BCUT2D eigenvalue weighted by Gasteiger charge is 2.21. The van der Waals surface area contributed by atoms with Crippen molar-refractivity contribution < 1.29 is 19.1 Å². The third kappa shape index (κ3) is 4.08. The number of aryl methyl sites for hydroxylation is 1. The topological polar surface area (TPSA) is 75.7 Å². The Morgan fingerprint density at radius 2 is 1.85 bits per heavy atom. The van der Waals surface area contributed by atoms with Gasteiger partial charge in [0.25, 0.3) is 5.91 Å². The highest BCUT2D eigenvalue weighted by Crippen LogP contribution is 2.21. The molecule has 2 aromatic carbocycles. The fourth-order valence-electron chi connectivity index (χ4n) is 2.81. The molecular formula is C20H20N2O4. The maximum Gasteiger partial charge on any atom is 0.338 e. The van der Waals surface area contributed by atoms with Crippen molar-refractivity contribution in [2.45, 2.75) is 19.8 Å². The van der Waals surface area contributed by atoms with Gasteiger partial charge in [0, 0.05) is 24.3 Å². The van der Waals surface area contributed by atoms with Gasteiger partial charge in [-0.3, -0.25) is 9.59 Å². The minimum Gasteiger partial charge on any atom is -0.452 e. The van der Waals surface area contributed by atoms with E-state index in [-0.39, 0.29) is 12.5 Å². The Kier molecular flexibility index (Phi) is 5.31. The van der Waals surface area contributed by atoms with Crippen LogP contribution in [0.4, 0.5) is 11.4 Å². The quantitative estimate of drug-likeness (QED) is 0.840. The maximum atomic E-state index is 12.1. The predicted octanol–water partition coefficient (Wildman–Crippen LogP) is 2.92. The molecule has 0 bridgehead atoms. The van der Waals surface area contributed by atoms with Crippen LogP contribution in [-0.4, -0.2) is 30.9 Å². The first-order valence-electron chi connectivity index (χ1n) is 8.47. The molecule has 0 atom stereocenters. The molecule has 1 fully saturated rings. The standard InChI is InChI=1S/C20H20N2O4/c1-14-5-2-3-6-17(14)21-18(23)13-26-20(25)15-8-10-16(11-9-15)22-12-4-7-19(22)24/h2-3,5-6,8-11H,4,7,12-13H2,1H3,(H,21,23). The average molecular weight is 352 g/mol. The molecule has 1 aliphatic heterocycles. The first-order chi connectivity index (χ1) is 12.5. The largest absolute Gasteiger partial charge is 0.452 e. The summed E-state index contributed by atoms with van der Waals surface area (Å²) in [4.78, 5) is 37.4. The lowest BCUT2D eigenvalue weighted by Crippen LogP contribution is -2.23. The number of ether oxygens (including phenoxy) is 1. The molecule has 134 valence electrons. The minimum atomic E-state index is -0.579. The van der Waals surface area contributed by atoms with Crippen LogP contribution in [0.2, 0.25) is 0 Å². The lowest BCUT2D eigenvalue weighted by atomic mass is 10.2. The van der Waals surface area contributed by atoms with Crippen LogP contribution in [0.15, 0.2) is 48.5 Å². The molecule has 0 spiro atoms. The molecule has 2 aromatic rings. The number of amides is 2. The molecule has 0 aromatic heterocycles. The zero-order valence-electron chi connectivity index (χ0n) is 14.5. The van der Waals surface area contributed by atoms with Crippen LogP contribution in [0.1, 0.15) is 28.8 Å². The van der Waals surface area contributed by atoms with Crippen LogP contribution in [0.3, 0.4) is 0 Å². The molecule has 6 nitrogen and oxygen atoms in total. The molecular weight excluding hydrogens is 332 g/mol. The van der Waals surface area contributed by atoms with E-state index in [1.165, 1.54) is 0 Å². The van der Waals surface area contributed by atoms with Gasteiger partial charge in [-0.2, -0.15) is 0 Å². The van der Waals surface area contributed by atoms with E-state index in [1.54, 1.807) is 35.2 Å². The average Bonchev–Trinajstić information content (AvgIpc) is 3.08. The highest BCUT2D eigenvalue weighted by atomic mass is 16.5. The van der Waals surface area contributed by atoms with E-state index in [9.17, 15) is 14.4 Å². The number of para-hydroxylation sites is 1. The summed E-state index contributed by atoms with van der Waals surface area (Å²) in [5, 5.41) is 2.71. The van der Waals surface area contributed by atoms with Crippen molar-refractivity contribution in [1.82, 2.24) is 0 Å². The molecule has 1 N–H and O–H groups in total. The molecule has 0 radical (unpaired) electrons. The summed E-state index contributed by atoms with van der Waals surface area (Å²) < 4.78 is 5.06. The van der Waals surface area contributed by atoms with Crippen molar-refractivity contribution in [3.8, 4) is 0 Å². The number of anilines is 2. The van der Waals surface area contributed by atoms with Gasteiger partial charge < -0.3 is 15.0 Å². The van der Waals surface area contributed by atoms with E-state index < -0.39 is 11.9 Å². The Labute approximate surface area is 151 Å². The van der Waals surface area contributed by atoms with Gasteiger partial charge in [0.15, 0.2) is 6.61 Å². The van der Waals surface area contributed by atoms with Crippen LogP contribution in [-0.2, 0) is 14.3 Å². The summed E-state index contributed by atoms with van der Waals surface area (Å²) in [7, 11) is 0. The van der Waals surface area contributed by atoms with Crippen molar-refractivity contribution in [2.75, 3.05) is 23.4 Å². The third-order valence-corrected chi connectivity index (χ3v) is 4.24. The number of carbonyl (C=O) groups excluding carboxylic acids is 3. The predicted molar refractivity (Wildman–Crippen MR) is 98.1 cm³/mol. The van der Waals surface area contributed by atoms with E-state index in [4.69, 9.17) is 4.74 Å². The van der Waals surface area contributed by atoms with Crippen LogP contribution in [0.25, 0.3) is 0 Å². The lowest BCUT2D eigenvalue weighted by Gasteiger charge is -2.15. The van der Waals surface area contributed by atoms with Crippen LogP contribution >= 0.6 is 0 Å². The van der Waals surface area contributed by atoms with Gasteiger partial charge in [-0.25, -0.2) is 4.79 Å². The molecule has 6 heteroatoms. The van der Waals surface area contributed by atoms with Crippen molar-refractivity contribution in [3.63, 3.8) is 0 Å². The first kappa shape index (κ1) is 17.7. The molecule has 0 saturated carbocycles. The summed E-state index contributed by atoms with van der Waals surface area (Å²) in [6.45, 7) is 2.22. The number of hydrogen-bond donors (Lipinski definition) is 1. The minimum absolute atomic E-state index is 0.0909. The molecule has 1 saturated heterocycles. The molecule has 2 amide bonds. The Hall–Kier alpha value is -3.15. The molecule has 1 heterocycles. The fraction of sp³-hybridized carbons (Fsp3) is 0.250. The summed E-state index contributed by atoms with van der Waals surface area (Å²) >= 11 is 0. The number of nitrogens with one attached hydrogen (secondary N) is 1. The number of esters is 1. The number of nitrogens with zero attached hydrogens (tertiary/aromatic N) is 1. The Morgan fingerprint density at radius 3 is 2.50 bits per heavy atom. The number of rotatable bonds is 5. The molecule has 0 aliphatic carbocycles. The summed E-state index contributed by atoms with van der Waals surface area (Å²) in [5.41, 5.74) is 2.72. The van der Waals surface area contributed by atoms with Gasteiger partial charge in [-0.1, -0.05) is 18.2 Å². The SMILES string of the molecule is Cc1ccccc1NC(=O)COC(=O)c1ccc(N2CCCC2=O)cc1. The van der Waals surface area contributed by atoms with Crippen molar-refractivity contribution >= 4 is 29.2 Å². The summed E-state index contributed by atoms with van der Waals surface area (Å²) in [6, 6.07) is 14.0. The van der Waals surface area contributed by atoms with Gasteiger partial charge >= 0.3 is 5.97 Å². The zero-order valence-corrected chi connectivity index (χ0v) is 14.5. The van der Waals surface area contributed by atoms with E-state index in [2.05, 4.69) is 5.32 Å². The zero-order chi connectivity index (χ0) is 18.5. The maximum absolute atomic E-state index is 12.1. The third-order valence-electron chi connectivity index (χ3n) is 4.24. The normalized spacial score (nSPS) is 13.6. The second kappa shape index (κ2) is 7.82. The summed E-state index contributed by atoms with van der Waals surface area (Å²) in [5.74, 6) is -0.885. The molecule has 0 unspecified atom stereocenters. The van der Waals surface area contributed by atoms with Gasteiger partial charge in [0.05, 0.1) is 5.56 Å². The van der Waals surface area contributed by atoms with Crippen molar-refractivity contribution in [1.29, 1.82) is 0 Å². The second-order valence-electron chi connectivity index (χ2n) is 6.14. The van der Waals surface area contributed by atoms with E-state index >= 15 is 0 Å². The van der Waals surface area contributed by atoms with Gasteiger partial charge in [0.1, 0.15) is 0 Å². The molecule has 1 aliphatic rings. The fourth-order valence-corrected chi connectivity index (χ4v) is 2.81. The van der Waals surface area contributed by atoms with E-state index in [0.717, 1.165) is 17.7 Å². The Balaban J connectivity index is 1.54. The lowest BCUT2D eigenvalue weighted by molar-refractivity contribution is -0.119. The van der Waals surface area contributed by atoms with Crippen LogP contribution in [0.5, 0.6) is 0 Å². The number of benzene rings is 2. The second-order valence-corrected chi connectivity index (χ2v) is 6.14. The monoisotopic (exact) mass is 352 g/mol. The van der Waals surface area contributed by atoms with Crippen LogP contribution < -0.4 is 10.2 Å². The summed E-state index contributed by atoms with van der Waals surface area (Å²) in [6.07, 6.45) is 1.40. The van der Waals surface area contributed by atoms with Crippen LogP contribution in [0, 0.1) is 6.92 Å².